The standard InChI is InChI=1S/C11H22N2O4/c1-9(4-3-5-12)11(16)13(6-7-17-2)8-10(14)15/h9H,3-8,12H2,1-2H3,(H,14,15). The van der Waals surface area contributed by atoms with Crippen molar-refractivity contribution in [3.8, 4) is 0 Å². The molecule has 0 rings (SSSR count). The molecule has 0 aliphatic rings. The van der Waals surface area contributed by atoms with E-state index in [2.05, 4.69) is 0 Å². The first kappa shape index (κ1) is 15.9. The van der Waals surface area contributed by atoms with Crippen LogP contribution in [0.5, 0.6) is 0 Å². The van der Waals surface area contributed by atoms with Crippen molar-refractivity contribution >= 4 is 11.9 Å². The fourth-order valence-corrected chi connectivity index (χ4v) is 1.49. The Morgan fingerprint density at radius 3 is 2.59 bits per heavy atom. The molecule has 0 aliphatic carbocycles. The lowest BCUT2D eigenvalue weighted by molar-refractivity contribution is -0.146. The van der Waals surface area contributed by atoms with Crippen molar-refractivity contribution < 1.29 is 19.4 Å². The lowest BCUT2D eigenvalue weighted by Crippen LogP contribution is -2.41. The van der Waals surface area contributed by atoms with Gasteiger partial charge in [0.25, 0.3) is 0 Å². The van der Waals surface area contributed by atoms with Crippen LogP contribution in [0.15, 0.2) is 0 Å². The Labute approximate surface area is 102 Å². The molecular weight excluding hydrogens is 224 g/mol. The topological polar surface area (TPSA) is 92.9 Å². The van der Waals surface area contributed by atoms with Crippen molar-refractivity contribution in [3.05, 3.63) is 0 Å². The van der Waals surface area contributed by atoms with Crippen molar-refractivity contribution in [2.24, 2.45) is 11.7 Å². The summed E-state index contributed by atoms with van der Waals surface area (Å²) in [5.74, 6) is -1.37. The molecule has 17 heavy (non-hydrogen) atoms. The molecule has 6 nitrogen and oxygen atoms in total. The highest BCUT2D eigenvalue weighted by Crippen LogP contribution is 2.09. The molecule has 0 spiro atoms. The molecule has 0 heterocycles. The first-order chi connectivity index (χ1) is 8.02. The van der Waals surface area contributed by atoms with Crippen LogP contribution in [0.25, 0.3) is 0 Å². The van der Waals surface area contributed by atoms with Crippen LogP contribution in [0.1, 0.15) is 19.8 Å². The van der Waals surface area contributed by atoms with Gasteiger partial charge in [-0.1, -0.05) is 6.92 Å². The molecule has 0 saturated heterocycles. The van der Waals surface area contributed by atoms with Gasteiger partial charge in [0.1, 0.15) is 6.54 Å². The van der Waals surface area contributed by atoms with E-state index in [1.54, 1.807) is 6.92 Å². The predicted molar refractivity (Wildman–Crippen MR) is 63.5 cm³/mol. The maximum atomic E-state index is 12.0. The zero-order valence-corrected chi connectivity index (χ0v) is 10.5. The summed E-state index contributed by atoms with van der Waals surface area (Å²) in [6.45, 7) is 2.68. The van der Waals surface area contributed by atoms with Crippen molar-refractivity contribution in [1.82, 2.24) is 4.90 Å². The average Bonchev–Trinajstić information content (AvgIpc) is 2.29. The Hall–Kier alpha value is -1.14. The van der Waals surface area contributed by atoms with Crippen LogP contribution < -0.4 is 5.73 Å². The van der Waals surface area contributed by atoms with Crippen molar-refractivity contribution in [2.75, 3.05) is 33.4 Å². The van der Waals surface area contributed by atoms with Crippen LogP contribution in [0, 0.1) is 5.92 Å². The SMILES string of the molecule is COCCN(CC(=O)O)C(=O)C(C)CCCN. The molecule has 0 aromatic heterocycles. The van der Waals surface area contributed by atoms with E-state index in [1.807, 2.05) is 0 Å². The molecule has 1 atom stereocenters. The van der Waals surface area contributed by atoms with E-state index >= 15 is 0 Å². The Morgan fingerprint density at radius 1 is 1.47 bits per heavy atom. The Morgan fingerprint density at radius 2 is 2.12 bits per heavy atom. The van der Waals surface area contributed by atoms with E-state index in [0.29, 0.717) is 26.1 Å². The highest BCUT2D eigenvalue weighted by Gasteiger charge is 2.21. The molecule has 1 amide bonds. The minimum absolute atomic E-state index is 0.155. The van der Waals surface area contributed by atoms with E-state index in [-0.39, 0.29) is 18.4 Å². The smallest absolute Gasteiger partial charge is 0.323 e. The fraction of sp³-hybridized carbons (Fsp3) is 0.818. The molecular formula is C11H22N2O4. The maximum absolute atomic E-state index is 12.0. The van der Waals surface area contributed by atoms with Crippen LogP contribution in [-0.2, 0) is 14.3 Å². The summed E-state index contributed by atoms with van der Waals surface area (Å²) >= 11 is 0. The van der Waals surface area contributed by atoms with Crippen molar-refractivity contribution in [3.63, 3.8) is 0 Å². The Kier molecular flexibility index (Phi) is 8.35. The molecule has 0 saturated carbocycles. The number of aliphatic carboxylic acids is 1. The van der Waals surface area contributed by atoms with E-state index in [1.165, 1.54) is 12.0 Å². The number of carboxylic acid groups (broad SMARTS) is 1. The number of carboxylic acids is 1. The molecule has 0 aromatic carbocycles. The van der Waals surface area contributed by atoms with E-state index < -0.39 is 5.97 Å². The van der Waals surface area contributed by atoms with Crippen LogP contribution in [0.2, 0.25) is 0 Å². The predicted octanol–water partition coefficient (Wildman–Crippen LogP) is -0.0790. The molecule has 0 aliphatic heterocycles. The number of rotatable bonds is 9. The van der Waals surface area contributed by atoms with Gasteiger partial charge in [-0.15, -0.1) is 0 Å². The lowest BCUT2D eigenvalue weighted by Gasteiger charge is -2.23. The summed E-state index contributed by atoms with van der Waals surface area (Å²) in [6.07, 6.45) is 1.44. The molecule has 100 valence electrons. The minimum Gasteiger partial charge on any atom is -0.480 e. The van der Waals surface area contributed by atoms with Crippen molar-refractivity contribution in [1.29, 1.82) is 0 Å². The van der Waals surface area contributed by atoms with Gasteiger partial charge in [-0.2, -0.15) is 0 Å². The van der Waals surface area contributed by atoms with Gasteiger partial charge in [0.05, 0.1) is 6.61 Å². The highest BCUT2D eigenvalue weighted by atomic mass is 16.5. The van der Waals surface area contributed by atoms with Gasteiger partial charge >= 0.3 is 5.97 Å². The molecule has 0 fully saturated rings. The number of ether oxygens (including phenoxy) is 1. The summed E-state index contributed by atoms with van der Waals surface area (Å²) in [5.41, 5.74) is 5.37. The summed E-state index contributed by atoms with van der Waals surface area (Å²) in [4.78, 5) is 23.9. The second-order valence-corrected chi connectivity index (χ2v) is 3.98. The van der Waals surface area contributed by atoms with Gasteiger partial charge in [-0.05, 0) is 19.4 Å². The molecule has 3 N–H and O–H groups in total. The monoisotopic (exact) mass is 246 g/mol. The van der Waals surface area contributed by atoms with Gasteiger partial charge in [0.2, 0.25) is 5.91 Å². The summed E-state index contributed by atoms with van der Waals surface area (Å²) in [6, 6.07) is 0. The van der Waals surface area contributed by atoms with Crippen LogP contribution >= 0.6 is 0 Å². The second kappa shape index (κ2) is 8.95. The third kappa shape index (κ3) is 6.91. The number of hydrogen-bond donors (Lipinski definition) is 2. The average molecular weight is 246 g/mol. The second-order valence-electron chi connectivity index (χ2n) is 3.98. The third-order valence-corrected chi connectivity index (χ3v) is 2.47. The van der Waals surface area contributed by atoms with Gasteiger partial charge in [0, 0.05) is 19.6 Å². The highest BCUT2D eigenvalue weighted by molar-refractivity contribution is 5.82. The van der Waals surface area contributed by atoms with Crippen LogP contribution in [0.3, 0.4) is 0 Å². The van der Waals surface area contributed by atoms with Gasteiger partial charge in [-0.25, -0.2) is 0 Å². The van der Waals surface area contributed by atoms with Crippen molar-refractivity contribution in [2.45, 2.75) is 19.8 Å². The number of nitrogens with zero attached hydrogens (tertiary/aromatic N) is 1. The third-order valence-electron chi connectivity index (χ3n) is 2.47. The molecule has 6 heteroatoms. The maximum Gasteiger partial charge on any atom is 0.323 e. The molecule has 1 unspecified atom stereocenters. The van der Waals surface area contributed by atoms with Gasteiger partial charge in [0.15, 0.2) is 0 Å². The van der Waals surface area contributed by atoms with E-state index in [9.17, 15) is 9.59 Å². The van der Waals surface area contributed by atoms with Gasteiger partial charge < -0.3 is 20.5 Å². The Bertz CT molecular complexity index is 246. The minimum atomic E-state index is -1.01. The number of methoxy groups -OCH3 is 1. The lowest BCUT2D eigenvalue weighted by atomic mass is 10.0. The number of hydrogen-bond acceptors (Lipinski definition) is 4. The molecule has 0 radical (unpaired) electrons. The number of nitrogens with two attached hydrogens (primary N) is 1. The van der Waals surface area contributed by atoms with E-state index in [4.69, 9.17) is 15.6 Å². The summed E-state index contributed by atoms with van der Waals surface area (Å²) < 4.78 is 4.86. The summed E-state index contributed by atoms with van der Waals surface area (Å²) in [5, 5.41) is 8.74. The zero-order chi connectivity index (χ0) is 13.3. The largest absolute Gasteiger partial charge is 0.480 e. The molecule has 0 aromatic rings. The van der Waals surface area contributed by atoms with E-state index in [0.717, 1.165) is 6.42 Å². The first-order valence-electron chi connectivity index (χ1n) is 5.72. The Balaban J connectivity index is 4.33. The quantitative estimate of drug-likeness (QED) is 0.593. The van der Waals surface area contributed by atoms with Crippen LogP contribution in [-0.4, -0.2) is 55.2 Å². The van der Waals surface area contributed by atoms with Gasteiger partial charge in [-0.3, -0.25) is 9.59 Å². The number of carbonyl (C=O) groups excluding carboxylic acids is 1. The zero-order valence-electron chi connectivity index (χ0n) is 10.5. The number of amides is 1. The first-order valence-corrected chi connectivity index (χ1v) is 5.72. The molecule has 0 bridgehead atoms. The van der Waals surface area contributed by atoms with Crippen LogP contribution in [0.4, 0.5) is 0 Å². The normalized spacial score (nSPS) is 12.2. The fourth-order valence-electron chi connectivity index (χ4n) is 1.49. The number of carbonyl (C=O) groups is 2. The summed E-state index contributed by atoms with van der Waals surface area (Å²) in [7, 11) is 1.52.